The van der Waals surface area contributed by atoms with Crippen LogP contribution in [-0.4, -0.2) is 23.5 Å². The lowest BCUT2D eigenvalue weighted by Crippen LogP contribution is -2.18. The Balaban J connectivity index is 3.23. The number of phenolic OH excluding ortho intramolecular Hbond substituents is 1. The van der Waals surface area contributed by atoms with Gasteiger partial charge in [0.15, 0.2) is 0 Å². The van der Waals surface area contributed by atoms with Gasteiger partial charge < -0.3 is 9.84 Å². The number of Topliss-reactive ketones (excluding diaryl/α,β-unsaturated/α-hetero) is 1. The number of ketones is 1. The molecular formula is C13H15BrO4. The number of hydrogen-bond donors (Lipinski definition) is 1. The highest BCUT2D eigenvalue weighted by atomic mass is 79.9. The SMILES string of the molecule is CCOC(=O)C(=O)c1cc(C(C)C)cc(Br)c1O. The van der Waals surface area contributed by atoms with E-state index in [2.05, 4.69) is 20.7 Å². The lowest BCUT2D eigenvalue weighted by atomic mass is 9.98. The van der Waals surface area contributed by atoms with E-state index in [0.29, 0.717) is 4.47 Å². The van der Waals surface area contributed by atoms with E-state index in [-0.39, 0.29) is 23.8 Å². The Kier molecular flexibility index (Phi) is 4.90. The topological polar surface area (TPSA) is 63.6 Å². The van der Waals surface area contributed by atoms with E-state index in [1.807, 2.05) is 13.8 Å². The summed E-state index contributed by atoms with van der Waals surface area (Å²) < 4.78 is 5.03. The standard InChI is InChI=1S/C13H15BrO4/c1-4-18-13(17)12(16)9-5-8(7(2)3)6-10(14)11(9)15/h5-7,15H,4H2,1-3H3. The highest BCUT2D eigenvalue weighted by Crippen LogP contribution is 2.32. The zero-order chi connectivity index (χ0) is 13.9. The number of carbonyl (C=O) groups excluding carboxylic acids is 2. The Bertz CT molecular complexity index is 480. The van der Waals surface area contributed by atoms with Crippen LogP contribution in [0.15, 0.2) is 16.6 Å². The fourth-order valence-corrected chi connectivity index (χ4v) is 1.91. The van der Waals surface area contributed by atoms with Crippen molar-refractivity contribution in [2.45, 2.75) is 26.7 Å². The minimum absolute atomic E-state index is 0.0356. The number of carbonyl (C=O) groups is 2. The summed E-state index contributed by atoms with van der Waals surface area (Å²) in [4.78, 5) is 23.2. The van der Waals surface area contributed by atoms with Crippen LogP contribution in [0.3, 0.4) is 0 Å². The normalized spacial score (nSPS) is 10.5. The molecular weight excluding hydrogens is 300 g/mol. The zero-order valence-electron chi connectivity index (χ0n) is 10.5. The number of hydrogen-bond acceptors (Lipinski definition) is 4. The third kappa shape index (κ3) is 3.10. The minimum atomic E-state index is -0.958. The second kappa shape index (κ2) is 6.00. The van der Waals surface area contributed by atoms with Crippen LogP contribution < -0.4 is 0 Å². The van der Waals surface area contributed by atoms with Crippen LogP contribution in [0.1, 0.15) is 42.6 Å². The largest absolute Gasteiger partial charge is 0.506 e. The van der Waals surface area contributed by atoms with Crippen molar-refractivity contribution in [3.63, 3.8) is 0 Å². The molecule has 5 heteroatoms. The second-order valence-corrected chi connectivity index (χ2v) is 4.96. The van der Waals surface area contributed by atoms with Crippen LogP contribution in [-0.2, 0) is 9.53 Å². The number of phenols is 1. The van der Waals surface area contributed by atoms with Crippen LogP contribution in [0.2, 0.25) is 0 Å². The molecule has 0 radical (unpaired) electrons. The average Bonchev–Trinajstić information content (AvgIpc) is 2.31. The molecule has 1 rings (SSSR count). The van der Waals surface area contributed by atoms with E-state index in [1.165, 1.54) is 6.07 Å². The van der Waals surface area contributed by atoms with Crippen LogP contribution >= 0.6 is 15.9 Å². The van der Waals surface area contributed by atoms with Gasteiger partial charge in [0.25, 0.3) is 5.78 Å². The van der Waals surface area contributed by atoms with Gasteiger partial charge in [0.2, 0.25) is 0 Å². The minimum Gasteiger partial charge on any atom is -0.506 e. The van der Waals surface area contributed by atoms with Gasteiger partial charge in [-0.15, -0.1) is 0 Å². The molecule has 18 heavy (non-hydrogen) atoms. The number of benzene rings is 1. The van der Waals surface area contributed by atoms with E-state index >= 15 is 0 Å². The molecule has 0 fully saturated rings. The molecule has 0 heterocycles. The second-order valence-electron chi connectivity index (χ2n) is 4.10. The maximum Gasteiger partial charge on any atom is 0.379 e. The summed E-state index contributed by atoms with van der Waals surface area (Å²) in [7, 11) is 0. The summed E-state index contributed by atoms with van der Waals surface area (Å²) in [5, 5.41) is 9.82. The fraction of sp³-hybridized carbons (Fsp3) is 0.385. The molecule has 1 aromatic carbocycles. The smallest absolute Gasteiger partial charge is 0.379 e. The molecule has 0 saturated heterocycles. The van der Waals surface area contributed by atoms with Crippen molar-refractivity contribution in [2.75, 3.05) is 6.61 Å². The Labute approximate surface area is 114 Å². The van der Waals surface area contributed by atoms with Crippen LogP contribution in [0.4, 0.5) is 0 Å². The molecule has 0 aliphatic carbocycles. The van der Waals surface area contributed by atoms with Gasteiger partial charge in [0, 0.05) is 0 Å². The number of rotatable bonds is 4. The summed E-state index contributed by atoms with van der Waals surface area (Å²) in [6, 6.07) is 3.24. The molecule has 0 atom stereocenters. The number of halogens is 1. The lowest BCUT2D eigenvalue weighted by molar-refractivity contribution is -0.137. The molecule has 0 aromatic heterocycles. The lowest BCUT2D eigenvalue weighted by Gasteiger charge is -2.11. The van der Waals surface area contributed by atoms with Crippen molar-refractivity contribution in [3.05, 3.63) is 27.7 Å². The average molecular weight is 315 g/mol. The van der Waals surface area contributed by atoms with Gasteiger partial charge in [-0.25, -0.2) is 4.79 Å². The first-order chi connectivity index (χ1) is 8.38. The van der Waals surface area contributed by atoms with Gasteiger partial charge in [-0.3, -0.25) is 4.79 Å². The van der Waals surface area contributed by atoms with Gasteiger partial charge in [0.05, 0.1) is 16.6 Å². The molecule has 98 valence electrons. The molecule has 1 N–H and O–H groups in total. The van der Waals surface area contributed by atoms with Crippen molar-refractivity contribution >= 4 is 27.7 Å². The summed E-state index contributed by atoms with van der Waals surface area (Å²) >= 11 is 3.17. The monoisotopic (exact) mass is 314 g/mol. The summed E-state index contributed by atoms with van der Waals surface area (Å²) in [5.41, 5.74) is 0.818. The molecule has 0 amide bonds. The highest BCUT2D eigenvalue weighted by Gasteiger charge is 2.23. The molecule has 1 aromatic rings. The first-order valence-electron chi connectivity index (χ1n) is 5.62. The van der Waals surface area contributed by atoms with Crippen LogP contribution in [0, 0.1) is 0 Å². The maximum absolute atomic E-state index is 11.8. The molecule has 0 bridgehead atoms. The van der Waals surface area contributed by atoms with Gasteiger partial charge in [-0.2, -0.15) is 0 Å². The van der Waals surface area contributed by atoms with E-state index in [4.69, 9.17) is 0 Å². The number of aromatic hydroxyl groups is 1. The Morgan fingerprint density at radius 3 is 2.50 bits per heavy atom. The van der Waals surface area contributed by atoms with Crippen molar-refractivity contribution < 1.29 is 19.4 Å². The van der Waals surface area contributed by atoms with Gasteiger partial charge >= 0.3 is 5.97 Å². The van der Waals surface area contributed by atoms with Gasteiger partial charge in [-0.05, 0) is 46.5 Å². The predicted octanol–water partition coefficient (Wildman–Crippen LogP) is 3.02. The van der Waals surface area contributed by atoms with Crippen LogP contribution in [0.25, 0.3) is 0 Å². The summed E-state index contributed by atoms with van der Waals surface area (Å²) in [5.74, 6) is -1.86. The van der Waals surface area contributed by atoms with Crippen molar-refractivity contribution in [1.82, 2.24) is 0 Å². The van der Waals surface area contributed by atoms with E-state index in [1.54, 1.807) is 13.0 Å². The quantitative estimate of drug-likeness (QED) is 0.527. The Hall–Kier alpha value is -1.36. The van der Waals surface area contributed by atoms with Gasteiger partial charge in [0.1, 0.15) is 5.75 Å². The van der Waals surface area contributed by atoms with E-state index < -0.39 is 11.8 Å². The Morgan fingerprint density at radius 1 is 1.39 bits per heavy atom. The first kappa shape index (κ1) is 14.7. The predicted molar refractivity (Wildman–Crippen MR) is 70.9 cm³/mol. The van der Waals surface area contributed by atoms with E-state index in [9.17, 15) is 14.7 Å². The first-order valence-corrected chi connectivity index (χ1v) is 6.41. The maximum atomic E-state index is 11.8. The summed E-state index contributed by atoms with van der Waals surface area (Å²) in [6.07, 6.45) is 0. The molecule has 0 aliphatic heterocycles. The molecule has 0 unspecified atom stereocenters. The van der Waals surface area contributed by atoms with Gasteiger partial charge in [-0.1, -0.05) is 13.8 Å². The Morgan fingerprint density at radius 2 is 2.00 bits per heavy atom. The molecule has 0 aliphatic rings. The van der Waals surface area contributed by atoms with Crippen molar-refractivity contribution in [3.8, 4) is 5.75 Å². The third-order valence-electron chi connectivity index (χ3n) is 2.46. The fourth-order valence-electron chi connectivity index (χ4n) is 1.43. The summed E-state index contributed by atoms with van der Waals surface area (Å²) in [6.45, 7) is 5.65. The van der Waals surface area contributed by atoms with Crippen molar-refractivity contribution in [2.24, 2.45) is 0 Å². The number of esters is 1. The molecule has 0 spiro atoms. The number of ether oxygens (including phenoxy) is 1. The van der Waals surface area contributed by atoms with Crippen LogP contribution in [0.5, 0.6) is 5.75 Å². The third-order valence-corrected chi connectivity index (χ3v) is 3.06. The van der Waals surface area contributed by atoms with E-state index in [0.717, 1.165) is 5.56 Å². The highest BCUT2D eigenvalue weighted by molar-refractivity contribution is 9.10. The molecule has 4 nitrogen and oxygen atoms in total. The zero-order valence-corrected chi connectivity index (χ0v) is 12.1. The molecule has 0 saturated carbocycles. The van der Waals surface area contributed by atoms with Crippen molar-refractivity contribution in [1.29, 1.82) is 0 Å².